The zero-order valence-corrected chi connectivity index (χ0v) is 9.76. The van der Waals surface area contributed by atoms with Gasteiger partial charge in [0.05, 0.1) is 12.8 Å². The molecule has 0 fully saturated rings. The molecular formula is C13H15NO2. The summed E-state index contributed by atoms with van der Waals surface area (Å²) in [6.45, 7) is 3.92. The van der Waals surface area contributed by atoms with E-state index < -0.39 is 0 Å². The van der Waals surface area contributed by atoms with Gasteiger partial charge in [-0.3, -0.25) is 4.79 Å². The van der Waals surface area contributed by atoms with Crippen LogP contribution in [0, 0.1) is 25.7 Å². The Morgan fingerprint density at radius 2 is 2.12 bits per heavy atom. The number of rotatable bonds is 1. The van der Waals surface area contributed by atoms with E-state index in [9.17, 15) is 4.79 Å². The smallest absolute Gasteiger partial charge is 0.317 e. The highest BCUT2D eigenvalue weighted by atomic mass is 16.5. The fourth-order valence-electron chi connectivity index (χ4n) is 1.37. The molecule has 0 aromatic heterocycles. The number of hydrogen-bond acceptors (Lipinski definition) is 3. The lowest BCUT2D eigenvalue weighted by Crippen LogP contribution is -1.98. The lowest BCUT2D eigenvalue weighted by molar-refractivity contribution is -0.139. The molecular weight excluding hydrogens is 202 g/mol. The van der Waals surface area contributed by atoms with E-state index in [1.54, 1.807) is 0 Å². The van der Waals surface area contributed by atoms with Crippen molar-refractivity contribution in [3.8, 4) is 11.8 Å². The van der Waals surface area contributed by atoms with Gasteiger partial charge < -0.3 is 10.5 Å². The second-order valence-corrected chi connectivity index (χ2v) is 3.60. The monoisotopic (exact) mass is 217 g/mol. The number of aryl methyl sites for hydroxylation is 2. The minimum absolute atomic E-state index is 0.0862. The first-order valence-electron chi connectivity index (χ1n) is 4.97. The first-order chi connectivity index (χ1) is 7.54. The topological polar surface area (TPSA) is 52.3 Å². The van der Waals surface area contributed by atoms with Gasteiger partial charge in [0.2, 0.25) is 0 Å². The normalized spacial score (nSPS) is 9.19. The molecule has 0 atom stereocenters. The first kappa shape index (κ1) is 12.1. The number of carbonyl (C=O) groups excluding carboxylic acids is 1. The number of nitrogen functional groups attached to an aromatic ring is 1. The molecule has 0 amide bonds. The Bertz CT molecular complexity index is 467. The van der Waals surface area contributed by atoms with E-state index in [2.05, 4.69) is 16.6 Å². The Morgan fingerprint density at radius 1 is 1.44 bits per heavy atom. The van der Waals surface area contributed by atoms with Crippen LogP contribution in [0.25, 0.3) is 0 Å². The molecule has 0 unspecified atom stereocenters. The summed E-state index contributed by atoms with van der Waals surface area (Å²) in [7, 11) is 1.34. The van der Waals surface area contributed by atoms with E-state index in [0.717, 1.165) is 16.7 Å². The molecule has 0 aliphatic heterocycles. The average molecular weight is 217 g/mol. The number of anilines is 1. The van der Waals surface area contributed by atoms with Gasteiger partial charge in [0.15, 0.2) is 0 Å². The van der Waals surface area contributed by atoms with Crippen molar-refractivity contribution in [2.24, 2.45) is 0 Å². The highest BCUT2D eigenvalue weighted by Gasteiger charge is 2.01. The highest BCUT2D eigenvalue weighted by molar-refractivity contribution is 5.73. The van der Waals surface area contributed by atoms with Gasteiger partial charge in [-0.1, -0.05) is 17.9 Å². The highest BCUT2D eigenvalue weighted by Crippen LogP contribution is 2.18. The summed E-state index contributed by atoms with van der Waals surface area (Å²) in [5.41, 5.74) is 9.42. The van der Waals surface area contributed by atoms with Crippen molar-refractivity contribution in [1.29, 1.82) is 0 Å². The maximum atomic E-state index is 10.9. The quantitative estimate of drug-likeness (QED) is 0.443. The molecule has 84 valence electrons. The van der Waals surface area contributed by atoms with Crippen molar-refractivity contribution in [3.63, 3.8) is 0 Å². The molecule has 16 heavy (non-hydrogen) atoms. The predicted octanol–water partition coefficient (Wildman–Crippen LogP) is 1.80. The molecule has 0 saturated heterocycles. The molecule has 0 heterocycles. The minimum atomic E-state index is -0.338. The number of hydrogen-bond donors (Lipinski definition) is 1. The number of methoxy groups -OCH3 is 1. The standard InChI is InChI=1S/C13H15NO2/c1-9-7-10(2)13(14)11(8-9)5-4-6-12(15)16-3/h7-8H,6,14H2,1-3H3. The summed E-state index contributed by atoms with van der Waals surface area (Å²) in [5.74, 6) is 5.29. The van der Waals surface area contributed by atoms with E-state index in [4.69, 9.17) is 5.73 Å². The van der Waals surface area contributed by atoms with Crippen molar-refractivity contribution in [2.75, 3.05) is 12.8 Å². The van der Waals surface area contributed by atoms with E-state index >= 15 is 0 Å². The maximum Gasteiger partial charge on any atom is 0.317 e. The Hall–Kier alpha value is -1.95. The van der Waals surface area contributed by atoms with Gasteiger partial charge in [0.25, 0.3) is 0 Å². The predicted molar refractivity (Wildman–Crippen MR) is 63.8 cm³/mol. The summed E-state index contributed by atoms with van der Waals surface area (Å²) < 4.78 is 4.49. The van der Waals surface area contributed by atoms with Gasteiger partial charge in [0.1, 0.15) is 6.42 Å². The minimum Gasteiger partial charge on any atom is -0.468 e. The van der Waals surface area contributed by atoms with Crippen LogP contribution in [0.1, 0.15) is 23.1 Å². The largest absolute Gasteiger partial charge is 0.468 e. The summed E-state index contributed by atoms with van der Waals surface area (Å²) in [6.07, 6.45) is 0.0862. The fraction of sp³-hybridized carbons (Fsp3) is 0.308. The van der Waals surface area contributed by atoms with Crippen molar-refractivity contribution < 1.29 is 9.53 Å². The molecule has 2 N–H and O–H groups in total. The zero-order valence-electron chi connectivity index (χ0n) is 9.76. The third-order valence-electron chi connectivity index (χ3n) is 2.21. The Balaban J connectivity index is 2.92. The van der Waals surface area contributed by atoms with Crippen LogP contribution in [0.3, 0.4) is 0 Å². The van der Waals surface area contributed by atoms with E-state index in [-0.39, 0.29) is 12.4 Å². The summed E-state index contributed by atoms with van der Waals surface area (Å²) in [6, 6.07) is 3.91. The van der Waals surface area contributed by atoms with Crippen LogP contribution in [0.2, 0.25) is 0 Å². The van der Waals surface area contributed by atoms with Crippen LogP contribution in [-0.2, 0) is 9.53 Å². The molecule has 3 nitrogen and oxygen atoms in total. The van der Waals surface area contributed by atoms with Crippen molar-refractivity contribution in [1.82, 2.24) is 0 Å². The van der Waals surface area contributed by atoms with Gasteiger partial charge in [0, 0.05) is 5.56 Å². The van der Waals surface area contributed by atoms with Gasteiger partial charge in [-0.2, -0.15) is 0 Å². The molecule has 0 bridgehead atoms. The molecule has 0 aliphatic carbocycles. The first-order valence-corrected chi connectivity index (χ1v) is 4.97. The van der Waals surface area contributed by atoms with Crippen LogP contribution in [0.15, 0.2) is 12.1 Å². The SMILES string of the molecule is COC(=O)CC#Cc1cc(C)cc(C)c1N. The van der Waals surface area contributed by atoms with Crippen molar-refractivity contribution in [2.45, 2.75) is 20.3 Å². The molecule has 1 aromatic rings. The van der Waals surface area contributed by atoms with Gasteiger partial charge >= 0.3 is 5.97 Å². The summed E-state index contributed by atoms with van der Waals surface area (Å²) in [4.78, 5) is 10.9. The molecule has 1 aromatic carbocycles. The lowest BCUT2D eigenvalue weighted by Gasteiger charge is -2.04. The Kier molecular flexibility index (Phi) is 3.96. The second kappa shape index (κ2) is 5.22. The van der Waals surface area contributed by atoms with Crippen molar-refractivity contribution >= 4 is 11.7 Å². The molecule has 0 saturated carbocycles. The molecule has 0 spiro atoms. The van der Waals surface area contributed by atoms with E-state index in [1.807, 2.05) is 26.0 Å². The molecule has 0 radical (unpaired) electrons. The fourth-order valence-corrected chi connectivity index (χ4v) is 1.37. The van der Waals surface area contributed by atoms with Gasteiger partial charge in [-0.25, -0.2) is 0 Å². The number of ether oxygens (including phenoxy) is 1. The molecule has 3 heteroatoms. The van der Waals surface area contributed by atoms with Crippen LogP contribution in [-0.4, -0.2) is 13.1 Å². The lowest BCUT2D eigenvalue weighted by atomic mass is 10.0. The molecule has 0 aliphatic rings. The van der Waals surface area contributed by atoms with Gasteiger partial charge in [-0.05, 0) is 31.0 Å². The average Bonchev–Trinajstić information content (AvgIpc) is 2.24. The maximum absolute atomic E-state index is 10.9. The number of nitrogens with two attached hydrogens (primary N) is 1. The number of esters is 1. The molecule has 1 rings (SSSR count). The Morgan fingerprint density at radius 3 is 2.75 bits per heavy atom. The summed E-state index contributed by atoms with van der Waals surface area (Å²) >= 11 is 0. The van der Waals surface area contributed by atoms with Crippen LogP contribution < -0.4 is 5.73 Å². The van der Waals surface area contributed by atoms with E-state index in [0.29, 0.717) is 5.69 Å². The number of carbonyl (C=O) groups is 1. The van der Waals surface area contributed by atoms with Crippen LogP contribution in [0.5, 0.6) is 0 Å². The van der Waals surface area contributed by atoms with Crippen LogP contribution >= 0.6 is 0 Å². The van der Waals surface area contributed by atoms with Crippen molar-refractivity contribution in [3.05, 3.63) is 28.8 Å². The third kappa shape index (κ3) is 3.03. The summed E-state index contributed by atoms with van der Waals surface area (Å²) in [5, 5.41) is 0. The Labute approximate surface area is 95.6 Å². The zero-order chi connectivity index (χ0) is 12.1. The third-order valence-corrected chi connectivity index (χ3v) is 2.21. The van der Waals surface area contributed by atoms with Gasteiger partial charge in [-0.15, -0.1) is 0 Å². The van der Waals surface area contributed by atoms with Crippen LogP contribution in [0.4, 0.5) is 5.69 Å². The number of benzene rings is 1. The van der Waals surface area contributed by atoms with E-state index in [1.165, 1.54) is 7.11 Å². The second-order valence-electron chi connectivity index (χ2n) is 3.60.